The Bertz CT molecular complexity index is 443. The molecule has 2 heterocycles. The molecule has 1 fully saturated rings. The third-order valence-corrected chi connectivity index (χ3v) is 4.54. The zero-order chi connectivity index (χ0) is 13.3. The van der Waals surface area contributed by atoms with Gasteiger partial charge in [0.2, 0.25) is 0 Å². The molecular formula is C14H21NO2S. The summed E-state index contributed by atoms with van der Waals surface area (Å²) in [5, 5.41) is 9.68. The number of carbonyl (C=O) groups is 1. The van der Waals surface area contributed by atoms with Gasteiger partial charge in [-0.25, -0.2) is 0 Å². The van der Waals surface area contributed by atoms with Crippen molar-refractivity contribution in [2.75, 3.05) is 13.1 Å². The van der Waals surface area contributed by atoms with Crippen LogP contribution in [0.4, 0.5) is 0 Å². The number of nitrogens with zero attached hydrogens (tertiary/aromatic N) is 1. The van der Waals surface area contributed by atoms with Gasteiger partial charge in [-0.3, -0.25) is 4.79 Å². The maximum absolute atomic E-state index is 12.2. The molecule has 1 aromatic rings. The van der Waals surface area contributed by atoms with Crippen molar-refractivity contribution in [1.82, 2.24) is 4.90 Å². The maximum atomic E-state index is 12.2. The predicted octanol–water partition coefficient (Wildman–Crippen LogP) is 2.47. The van der Waals surface area contributed by atoms with Crippen molar-refractivity contribution in [3.8, 4) is 0 Å². The first-order valence-electron chi connectivity index (χ1n) is 6.60. The molecule has 0 radical (unpaired) electrons. The number of amides is 1. The first-order valence-corrected chi connectivity index (χ1v) is 7.41. The highest BCUT2D eigenvalue weighted by molar-refractivity contribution is 7.14. The van der Waals surface area contributed by atoms with E-state index < -0.39 is 5.60 Å². The molecule has 1 saturated heterocycles. The molecule has 3 nitrogen and oxygen atoms in total. The van der Waals surface area contributed by atoms with Crippen LogP contribution in [0.2, 0.25) is 0 Å². The fraction of sp³-hybridized carbons (Fsp3) is 0.643. The number of thiophene rings is 1. The Balaban J connectivity index is 2.11. The average molecular weight is 267 g/mol. The molecule has 1 N–H and O–H groups in total. The lowest BCUT2D eigenvalue weighted by atomic mass is 9.97. The molecule has 4 heteroatoms. The van der Waals surface area contributed by atoms with Gasteiger partial charge in [-0.15, -0.1) is 11.3 Å². The van der Waals surface area contributed by atoms with Crippen LogP contribution in [0.1, 0.15) is 47.3 Å². The largest absolute Gasteiger partial charge is 0.386 e. The van der Waals surface area contributed by atoms with Crippen molar-refractivity contribution >= 4 is 17.2 Å². The molecule has 1 aliphatic rings. The number of aryl methyl sites for hydroxylation is 2. The molecule has 0 unspecified atom stereocenters. The Kier molecular flexibility index (Phi) is 3.78. The molecule has 1 aliphatic heterocycles. The molecule has 0 aromatic carbocycles. The zero-order valence-electron chi connectivity index (χ0n) is 11.3. The summed E-state index contributed by atoms with van der Waals surface area (Å²) in [4.78, 5) is 16.1. The monoisotopic (exact) mass is 267 g/mol. The Morgan fingerprint density at radius 1 is 1.50 bits per heavy atom. The van der Waals surface area contributed by atoms with Crippen molar-refractivity contribution in [3.05, 3.63) is 21.4 Å². The Morgan fingerprint density at radius 2 is 2.17 bits per heavy atom. The van der Waals surface area contributed by atoms with Crippen LogP contribution in [-0.2, 0) is 12.8 Å². The average Bonchev–Trinajstić information content (AvgIpc) is 2.68. The van der Waals surface area contributed by atoms with Crippen LogP contribution < -0.4 is 0 Å². The van der Waals surface area contributed by atoms with Crippen LogP contribution in [0.3, 0.4) is 0 Å². The molecule has 100 valence electrons. The predicted molar refractivity (Wildman–Crippen MR) is 74.2 cm³/mol. The van der Waals surface area contributed by atoms with Gasteiger partial charge >= 0.3 is 0 Å². The van der Waals surface area contributed by atoms with E-state index in [4.69, 9.17) is 0 Å². The lowest BCUT2D eigenvalue weighted by Crippen LogP contribution is -2.61. The fourth-order valence-electron chi connectivity index (χ4n) is 2.39. The molecular weight excluding hydrogens is 246 g/mol. The number of hydrogen-bond acceptors (Lipinski definition) is 3. The smallest absolute Gasteiger partial charge is 0.264 e. The van der Waals surface area contributed by atoms with Gasteiger partial charge in [0.15, 0.2) is 0 Å². The van der Waals surface area contributed by atoms with Crippen LogP contribution in [0, 0.1) is 0 Å². The Hall–Kier alpha value is -0.870. The number of likely N-dealkylation sites (tertiary alicyclic amines) is 1. The molecule has 0 aliphatic carbocycles. The second kappa shape index (κ2) is 5.02. The summed E-state index contributed by atoms with van der Waals surface area (Å²) in [6, 6.07) is 2.03. The minimum absolute atomic E-state index is 0.0728. The summed E-state index contributed by atoms with van der Waals surface area (Å²) < 4.78 is 0. The molecule has 18 heavy (non-hydrogen) atoms. The van der Waals surface area contributed by atoms with Gasteiger partial charge < -0.3 is 10.0 Å². The van der Waals surface area contributed by atoms with Gasteiger partial charge in [-0.05, 0) is 31.4 Å². The van der Waals surface area contributed by atoms with E-state index in [0.717, 1.165) is 24.1 Å². The molecule has 2 rings (SSSR count). The fourth-order valence-corrected chi connectivity index (χ4v) is 3.71. The van der Waals surface area contributed by atoms with Gasteiger partial charge in [0, 0.05) is 4.88 Å². The van der Waals surface area contributed by atoms with Crippen LogP contribution in [0.25, 0.3) is 0 Å². The highest BCUT2D eigenvalue weighted by Gasteiger charge is 2.40. The summed E-state index contributed by atoms with van der Waals surface area (Å²) in [6.45, 7) is 6.96. The van der Waals surface area contributed by atoms with E-state index in [2.05, 4.69) is 13.8 Å². The third kappa shape index (κ3) is 2.59. The van der Waals surface area contributed by atoms with Crippen molar-refractivity contribution in [1.29, 1.82) is 0 Å². The van der Waals surface area contributed by atoms with Crippen LogP contribution in [0.5, 0.6) is 0 Å². The first kappa shape index (κ1) is 13.6. The lowest BCUT2D eigenvalue weighted by Gasteiger charge is -2.43. The molecule has 0 bridgehead atoms. The van der Waals surface area contributed by atoms with E-state index in [-0.39, 0.29) is 5.91 Å². The standard InChI is InChI=1S/C14H21NO2S/c1-4-6-11-10(5-2)7-12(18-11)13(16)15-8-14(3,17)9-15/h7,17H,4-6,8-9H2,1-3H3. The zero-order valence-corrected chi connectivity index (χ0v) is 12.1. The first-order chi connectivity index (χ1) is 8.46. The normalized spacial score (nSPS) is 17.7. The minimum atomic E-state index is -0.688. The Labute approximate surface area is 112 Å². The molecule has 0 atom stereocenters. The van der Waals surface area contributed by atoms with E-state index in [1.807, 2.05) is 6.07 Å². The number of hydrogen-bond donors (Lipinski definition) is 1. The van der Waals surface area contributed by atoms with Crippen molar-refractivity contribution < 1.29 is 9.90 Å². The number of β-amino-alcohol motifs (C(OH)–C–C–N with tert-alkyl or cyclic N) is 1. The van der Waals surface area contributed by atoms with Gasteiger partial charge in [0.25, 0.3) is 5.91 Å². The second-order valence-corrected chi connectivity index (χ2v) is 6.46. The summed E-state index contributed by atoms with van der Waals surface area (Å²) in [6.07, 6.45) is 3.15. The van der Waals surface area contributed by atoms with Gasteiger partial charge in [0.05, 0.1) is 23.6 Å². The van der Waals surface area contributed by atoms with Crippen molar-refractivity contribution in [2.45, 2.75) is 45.6 Å². The number of aliphatic hydroxyl groups is 1. The molecule has 1 amide bonds. The number of carbonyl (C=O) groups excluding carboxylic acids is 1. The van der Waals surface area contributed by atoms with Crippen molar-refractivity contribution in [3.63, 3.8) is 0 Å². The van der Waals surface area contributed by atoms with Gasteiger partial charge in [-0.2, -0.15) is 0 Å². The molecule has 0 saturated carbocycles. The highest BCUT2D eigenvalue weighted by Crippen LogP contribution is 2.29. The SMILES string of the molecule is CCCc1sc(C(=O)N2CC(C)(O)C2)cc1CC. The summed E-state index contributed by atoms with van der Waals surface area (Å²) in [5.41, 5.74) is 0.615. The van der Waals surface area contributed by atoms with Crippen LogP contribution in [-0.4, -0.2) is 34.6 Å². The lowest BCUT2D eigenvalue weighted by molar-refractivity contribution is -0.0667. The van der Waals surface area contributed by atoms with E-state index >= 15 is 0 Å². The van der Waals surface area contributed by atoms with Gasteiger partial charge in [-0.1, -0.05) is 20.3 Å². The third-order valence-electron chi connectivity index (χ3n) is 3.32. The Morgan fingerprint density at radius 3 is 2.67 bits per heavy atom. The summed E-state index contributed by atoms with van der Waals surface area (Å²) in [5.74, 6) is 0.0728. The minimum Gasteiger partial charge on any atom is -0.386 e. The van der Waals surface area contributed by atoms with Crippen molar-refractivity contribution in [2.24, 2.45) is 0 Å². The van der Waals surface area contributed by atoms with E-state index in [9.17, 15) is 9.90 Å². The second-order valence-electron chi connectivity index (χ2n) is 5.32. The summed E-state index contributed by atoms with van der Waals surface area (Å²) >= 11 is 1.62. The van der Waals surface area contributed by atoms with Crippen LogP contribution in [0.15, 0.2) is 6.07 Å². The highest BCUT2D eigenvalue weighted by atomic mass is 32.1. The van der Waals surface area contributed by atoms with E-state index in [1.165, 1.54) is 10.4 Å². The summed E-state index contributed by atoms with van der Waals surface area (Å²) in [7, 11) is 0. The maximum Gasteiger partial charge on any atom is 0.264 e. The van der Waals surface area contributed by atoms with E-state index in [1.54, 1.807) is 23.2 Å². The van der Waals surface area contributed by atoms with E-state index in [0.29, 0.717) is 13.1 Å². The number of rotatable bonds is 4. The van der Waals surface area contributed by atoms with Gasteiger partial charge in [0.1, 0.15) is 0 Å². The molecule has 1 aromatic heterocycles. The topological polar surface area (TPSA) is 40.5 Å². The van der Waals surface area contributed by atoms with Crippen LogP contribution >= 0.6 is 11.3 Å². The quantitative estimate of drug-likeness (QED) is 0.910. The molecule has 0 spiro atoms.